The number of ether oxygens (including phenoxy) is 1. The summed E-state index contributed by atoms with van der Waals surface area (Å²) in [5, 5.41) is 10.4. The molecule has 1 saturated carbocycles. The molecular weight excluding hydrogens is 432 g/mol. The van der Waals surface area contributed by atoms with Gasteiger partial charge in [0.05, 0.1) is 12.2 Å². The summed E-state index contributed by atoms with van der Waals surface area (Å²) >= 11 is 1.51. The third kappa shape index (κ3) is 7.25. The Balaban J connectivity index is 1.54. The lowest BCUT2D eigenvalue weighted by Gasteiger charge is -2.20. The van der Waals surface area contributed by atoms with Gasteiger partial charge in [-0.2, -0.15) is 0 Å². The molecule has 1 heterocycles. The molecule has 3 atom stereocenters. The van der Waals surface area contributed by atoms with Crippen molar-refractivity contribution >= 4 is 23.1 Å². The van der Waals surface area contributed by atoms with Gasteiger partial charge in [0.2, 0.25) is 0 Å². The first kappa shape index (κ1) is 25.6. The summed E-state index contributed by atoms with van der Waals surface area (Å²) in [4.78, 5) is 26.6. The molecule has 0 spiro atoms. The highest BCUT2D eigenvalue weighted by atomic mass is 32.1. The summed E-state index contributed by atoms with van der Waals surface area (Å²) in [6.07, 6.45) is 8.10. The molecule has 2 aromatic rings. The van der Waals surface area contributed by atoms with E-state index < -0.39 is 6.10 Å². The highest BCUT2D eigenvalue weighted by Crippen LogP contribution is 2.40. The van der Waals surface area contributed by atoms with Crippen LogP contribution in [0.15, 0.2) is 36.4 Å². The van der Waals surface area contributed by atoms with Crippen molar-refractivity contribution < 1.29 is 19.4 Å². The van der Waals surface area contributed by atoms with Crippen molar-refractivity contribution in [3.05, 3.63) is 57.3 Å². The number of thiophene rings is 1. The van der Waals surface area contributed by atoms with Gasteiger partial charge >= 0.3 is 5.97 Å². The van der Waals surface area contributed by atoms with Crippen LogP contribution in [0.25, 0.3) is 0 Å². The topological polar surface area (TPSA) is 63.6 Å². The van der Waals surface area contributed by atoms with Crippen molar-refractivity contribution in [2.24, 2.45) is 5.92 Å². The minimum atomic E-state index is -0.422. The molecule has 0 bridgehead atoms. The van der Waals surface area contributed by atoms with Crippen molar-refractivity contribution in [1.29, 1.82) is 0 Å². The molecule has 3 rings (SSSR count). The second-order valence-electron chi connectivity index (χ2n) is 9.53. The molecule has 0 radical (unpaired) electrons. The summed E-state index contributed by atoms with van der Waals surface area (Å²) in [5.74, 6) is 0.423. The Morgan fingerprint density at radius 2 is 1.88 bits per heavy atom. The first-order chi connectivity index (χ1) is 15.9. The number of aliphatic hydroxyl groups excluding tert-OH is 1. The van der Waals surface area contributed by atoms with Gasteiger partial charge in [-0.3, -0.25) is 4.79 Å². The second-order valence-corrected chi connectivity index (χ2v) is 10.7. The number of ketones is 1. The minimum absolute atomic E-state index is 0.0313. The van der Waals surface area contributed by atoms with Gasteiger partial charge in [-0.15, -0.1) is 11.3 Å². The highest BCUT2D eigenvalue weighted by Gasteiger charge is 2.35. The maximum Gasteiger partial charge on any atom is 0.348 e. The van der Waals surface area contributed by atoms with Gasteiger partial charge in [-0.1, -0.05) is 50.5 Å². The van der Waals surface area contributed by atoms with E-state index in [0.717, 1.165) is 62.5 Å². The Hall–Kier alpha value is -1.98. The van der Waals surface area contributed by atoms with Crippen LogP contribution < -0.4 is 0 Å². The number of aryl methyl sites for hydroxylation is 1. The van der Waals surface area contributed by atoms with Crippen LogP contribution in [0.5, 0.6) is 0 Å². The van der Waals surface area contributed by atoms with Gasteiger partial charge in [0.1, 0.15) is 10.7 Å². The van der Waals surface area contributed by atoms with E-state index in [1.807, 2.05) is 50.2 Å². The van der Waals surface area contributed by atoms with Crippen LogP contribution in [-0.2, 0) is 16.0 Å². The van der Waals surface area contributed by atoms with Crippen LogP contribution in [0.1, 0.15) is 110 Å². The molecule has 1 aromatic heterocycles. The maximum atomic E-state index is 12.7. The lowest BCUT2D eigenvalue weighted by atomic mass is 9.84. The van der Waals surface area contributed by atoms with Crippen LogP contribution >= 0.6 is 11.3 Å². The van der Waals surface area contributed by atoms with Gasteiger partial charge < -0.3 is 9.84 Å². The number of rotatable bonds is 12. The van der Waals surface area contributed by atoms with Crippen molar-refractivity contribution in [2.75, 3.05) is 0 Å². The molecule has 4 nitrogen and oxygen atoms in total. The molecular formula is C28H38O4S. The Morgan fingerprint density at radius 3 is 2.58 bits per heavy atom. The van der Waals surface area contributed by atoms with Gasteiger partial charge in [-0.05, 0) is 75.1 Å². The van der Waals surface area contributed by atoms with E-state index in [4.69, 9.17) is 4.74 Å². The van der Waals surface area contributed by atoms with Crippen LogP contribution in [0.4, 0.5) is 0 Å². The van der Waals surface area contributed by atoms with Crippen LogP contribution in [0, 0.1) is 5.92 Å². The predicted molar refractivity (Wildman–Crippen MR) is 134 cm³/mol. The molecule has 1 N–H and O–H groups in total. The summed E-state index contributed by atoms with van der Waals surface area (Å²) in [6, 6.07) is 12.0. The van der Waals surface area contributed by atoms with E-state index in [1.165, 1.54) is 16.2 Å². The Bertz CT molecular complexity index is 899. The first-order valence-corrected chi connectivity index (χ1v) is 13.3. The van der Waals surface area contributed by atoms with Gasteiger partial charge in [0, 0.05) is 17.2 Å². The van der Waals surface area contributed by atoms with E-state index in [1.54, 1.807) is 0 Å². The molecule has 0 aliphatic heterocycles. The van der Waals surface area contributed by atoms with E-state index in [2.05, 4.69) is 6.92 Å². The number of benzene rings is 1. The molecule has 0 saturated heterocycles. The monoisotopic (exact) mass is 470 g/mol. The van der Waals surface area contributed by atoms with Crippen molar-refractivity contribution in [2.45, 2.75) is 96.7 Å². The van der Waals surface area contributed by atoms with Gasteiger partial charge in [0.25, 0.3) is 0 Å². The number of carbonyl (C=O) groups is 2. The fraction of sp³-hybridized carbons (Fsp3) is 0.571. The fourth-order valence-corrected chi connectivity index (χ4v) is 5.73. The zero-order valence-electron chi connectivity index (χ0n) is 20.2. The third-order valence-corrected chi connectivity index (χ3v) is 7.67. The zero-order chi connectivity index (χ0) is 23.8. The normalized spacial score (nSPS) is 19.2. The largest absolute Gasteiger partial charge is 0.459 e. The van der Waals surface area contributed by atoms with E-state index in [0.29, 0.717) is 23.0 Å². The smallest absolute Gasteiger partial charge is 0.348 e. The highest BCUT2D eigenvalue weighted by molar-refractivity contribution is 7.13. The lowest BCUT2D eigenvalue weighted by Crippen LogP contribution is -2.13. The van der Waals surface area contributed by atoms with Crippen molar-refractivity contribution in [3.8, 4) is 0 Å². The maximum absolute atomic E-state index is 12.7. The average molecular weight is 471 g/mol. The molecule has 1 fully saturated rings. The number of unbranched alkanes of at least 4 members (excludes halogenated alkanes) is 2. The predicted octanol–water partition coefficient (Wildman–Crippen LogP) is 7.01. The molecule has 5 heteroatoms. The fourth-order valence-electron chi connectivity index (χ4n) is 4.79. The second kappa shape index (κ2) is 12.5. The van der Waals surface area contributed by atoms with Gasteiger partial charge in [0.15, 0.2) is 0 Å². The van der Waals surface area contributed by atoms with E-state index in [-0.39, 0.29) is 18.0 Å². The standard InChI is InChI=1S/C28H38O4S/c1-4-5-6-10-24(29)20-11-13-22(14-12-20)27-21(15-17-25(27)30)8-7-9-23-16-18-26(33-23)28(31)32-19(2)3/h11-14,16,18-19,21,24,27,29H,4-10,15,17H2,1-3H3. The SMILES string of the molecule is CCCCCC(O)c1ccc(C2C(=O)CCC2CCCc2ccc(C(=O)OC(C)C)s2)cc1. The van der Waals surface area contributed by atoms with Crippen LogP contribution in [0.2, 0.25) is 0 Å². The summed E-state index contributed by atoms with van der Waals surface area (Å²) in [5.41, 5.74) is 2.03. The molecule has 33 heavy (non-hydrogen) atoms. The number of aliphatic hydroxyl groups is 1. The Labute approximate surface area is 202 Å². The number of carbonyl (C=O) groups excluding carboxylic acids is 2. The number of hydrogen-bond donors (Lipinski definition) is 1. The number of hydrogen-bond acceptors (Lipinski definition) is 5. The quantitative estimate of drug-likeness (QED) is 0.268. The molecule has 1 aliphatic rings. The van der Waals surface area contributed by atoms with Gasteiger partial charge in [-0.25, -0.2) is 4.79 Å². The van der Waals surface area contributed by atoms with E-state index in [9.17, 15) is 14.7 Å². The zero-order valence-corrected chi connectivity index (χ0v) is 21.0. The van der Waals surface area contributed by atoms with Crippen LogP contribution in [-0.4, -0.2) is 23.0 Å². The molecule has 1 aliphatic carbocycles. The molecule has 3 unspecified atom stereocenters. The minimum Gasteiger partial charge on any atom is -0.459 e. The Morgan fingerprint density at radius 1 is 1.12 bits per heavy atom. The summed E-state index contributed by atoms with van der Waals surface area (Å²) in [6.45, 7) is 5.88. The molecule has 0 amide bonds. The molecule has 180 valence electrons. The lowest BCUT2D eigenvalue weighted by molar-refractivity contribution is -0.119. The average Bonchev–Trinajstić information content (AvgIpc) is 3.40. The molecule has 1 aromatic carbocycles. The van der Waals surface area contributed by atoms with E-state index >= 15 is 0 Å². The third-order valence-electron chi connectivity index (χ3n) is 6.54. The summed E-state index contributed by atoms with van der Waals surface area (Å²) < 4.78 is 5.28. The van der Waals surface area contributed by atoms with Crippen molar-refractivity contribution in [1.82, 2.24) is 0 Å². The van der Waals surface area contributed by atoms with Crippen LogP contribution in [0.3, 0.4) is 0 Å². The summed E-state index contributed by atoms with van der Waals surface area (Å²) in [7, 11) is 0. The first-order valence-electron chi connectivity index (χ1n) is 12.5. The number of Topliss-reactive ketones (excluding diaryl/α,β-unsaturated/α-hetero) is 1. The van der Waals surface area contributed by atoms with Crippen molar-refractivity contribution in [3.63, 3.8) is 0 Å². The Kier molecular flexibility index (Phi) is 9.69. The number of esters is 1.